The Balaban J connectivity index is 2.23. The lowest BCUT2D eigenvalue weighted by atomic mass is 10.1. The molecule has 1 aromatic heterocycles. The topological polar surface area (TPSA) is 12.0 Å². The Kier molecular flexibility index (Phi) is 5.03. The Hall–Kier alpha value is -0.830. The third kappa shape index (κ3) is 3.59. The summed E-state index contributed by atoms with van der Waals surface area (Å²) in [5, 5.41) is 4.34. The molecule has 1 N–H and O–H groups in total. The summed E-state index contributed by atoms with van der Waals surface area (Å²) in [5.74, 6) is 0. The van der Waals surface area contributed by atoms with Crippen LogP contribution in [0.2, 0.25) is 5.02 Å². The van der Waals surface area contributed by atoms with Crippen molar-refractivity contribution in [2.75, 3.05) is 6.54 Å². The van der Waals surface area contributed by atoms with Gasteiger partial charge in [-0.25, -0.2) is 0 Å². The third-order valence-corrected chi connectivity index (χ3v) is 4.77. The highest BCUT2D eigenvalue weighted by atomic mass is 35.5. The van der Waals surface area contributed by atoms with Crippen LogP contribution in [0, 0.1) is 6.92 Å². The fraction of sp³-hybridized carbons (Fsp3) is 0.375. The molecule has 1 heterocycles. The van der Waals surface area contributed by atoms with Gasteiger partial charge in [-0.2, -0.15) is 0 Å². The van der Waals surface area contributed by atoms with Crippen molar-refractivity contribution in [3.63, 3.8) is 0 Å². The molecule has 0 saturated heterocycles. The molecule has 0 amide bonds. The molecule has 0 aliphatic heterocycles. The van der Waals surface area contributed by atoms with Crippen molar-refractivity contribution in [3.05, 3.63) is 45.8 Å². The highest BCUT2D eigenvalue weighted by molar-refractivity contribution is 7.15. The van der Waals surface area contributed by atoms with E-state index in [1.165, 1.54) is 15.3 Å². The van der Waals surface area contributed by atoms with Crippen LogP contribution in [0.5, 0.6) is 0 Å². The number of aryl methyl sites for hydroxylation is 1. The van der Waals surface area contributed by atoms with Gasteiger partial charge >= 0.3 is 0 Å². The molecule has 1 aromatic carbocycles. The van der Waals surface area contributed by atoms with E-state index in [0.29, 0.717) is 6.04 Å². The summed E-state index contributed by atoms with van der Waals surface area (Å²) >= 11 is 8.11. The van der Waals surface area contributed by atoms with Gasteiger partial charge in [0.1, 0.15) is 0 Å². The average Bonchev–Trinajstić information content (AvgIpc) is 2.88. The largest absolute Gasteiger partial charge is 0.309 e. The highest BCUT2D eigenvalue weighted by Crippen LogP contribution is 2.35. The third-order valence-electron chi connectivity index (χ3n) is 3.14. The molecule has 0 aliphatic rings. The van der Waals surface area contributed by atoms with Crippen molar-refractivity contribution >= 4 is 22.9 Å². The van der Waals surface area contributed by atoms with E-state index >= 15 is 0 Å². The van der Waals surface area contributed by atoms with Crippen LogP contribution in [0.15, 0.2) is 30.3 Å². The predicted octanol–water partition coefficient (Wildman–Crippen LogP) is 5.44. The fourth-order valence-corrected chi connectivity index (χ4v) is 3.36. The molecule has 0 fully saturated rings. The minimum absolute atomic E-state index is 0.405. The van der Waals surface area contributed by atoms with Crippen LogP contribution in [0.25, 0.3) is 10.4 Å². The molecule has 1 atom stereocenters. The van der Waals surface area contributed by atoms with Crippen LogP contribution in [-0.2, 0) is 0 Å². The van der Waals surface area contributed by atoms with Crippen molar-refractivity contribution in [1.82, 2.24) is 5.32 Å². The van der Waals surface area contributed by atoms with E-state index in [9.17, 15) is 0 Å². The zero-order chi connectivity index (χ0) is 13.8. The van der Waals surface area contributed by atoms with Gasteiger partial charge in [0.05, 0.1) is 0 Å². The quantitative estimate of drug-likeness (QED) is 0.774. The summed E-state index contributed by atoms with van der Waals surface area (Å²) in [6.07, 6.45) is 1.16. The van der Waals surface area contributed by atoms with Gasteiger partial charge in [-0.05, 0) is 51.1 Å². The number of hydrogen-bond donors (Lipinski definition) is 1. The molecule has 0 saturated carbocycles. The van der Waals surface area contributed by atoms with Crippen molar-refractivity contribution in [3.8, 4) is 10.4 Å². The molecule has 0 radical (unpaired) electrons. The molecule has 1 nitrogen and oxygen atoms in total. The van der Waals surface area contributed by atoms with Crippen molar-refractivity contribution in [2.24, 2.45) is 0 Å². The number of thiophene rings is 1. The predicted molar refractivity (Wildman–Crippen MR) is 86.2 cm³/mol. The maximum absolute atomic E-state index is 6.29. The SMILES string of the molecule is CCCNC(C)c1ccc(-c2cc(C)ccc2Cl)s1. The van der Waals surface area contributed by atoms with E-state index in [0.717, 1.165) is 23.6 Å². The van der Waals surface area contributed by atoms with Crippen molar-refractivity contribution in [1.29, 1.82) is 0 Å². The van der Waals surface area contributed by atoms with E-state index in [1.54, 1.807) is 0 Å². The monoisotopic (exact) mass is 293 g/mol. The molecule has 102 valence electrons. The van der Waals surface area contributed by atoms with Crippen molar-refractivity contribution < 1.29 is 0 Å². The molecule has 1 unspecified atom stereocenters. The Morgan fingerprint density at radius 3 is 2.79 bits per heavy atom. The minimum Gasteiger partial charge on any atom is -0.309 e. The van der Waals surface area contributed by atoms with E-state index in [1.807, 2.05) is 23.5 Å². The summed E-state index contributed by atoms with van der Waals surface area (Å²) in [5.41, 5.74) is 2.38. The molecule has 2 rings (SSSR count). The number of halogens is 1. The van der Waals surface area contributed by atoms with Gasteiger partial charge < -0.3 is 5.32 Å². The van der Waals surface area contributed by atoms with Crippen LogP contribution in [0.4, 0.5) is 0 Å². The Bertz CT molecular complexity index is 547. The lowest BCUT2D eigenvalue weighted by Crippen LogP contribution is -2.18. The van der Waals surface area contributed by atoms with Gasteiger partial charge in [-0.15, -0.1) is 11.3 Å². The molecular weight excluding hydrogens is 274 g/mol. The first-order valence-electron chi connectivity index (χ1n) is 6.71. The van der Waals surface area contributed by atoms with Crippen LogP contribution < -0.4 is 5.32 Å². The number of rotatable bonds is 5. The van der Waals surface area contributed by atoms with Gasteiger partial charge in [0.2, 0.25) is 0 Å². The Morgan fingerprint density at radius 2 is 2.05 bits per heavy atom. The fourth-order valence-electron chi connectivity index (χ4n) is 2.02. The van der Waals surface area contributed by atoms with Crippen LogP contribution in [0.1, 0.15) is 36.8 Å². The smallest absolute Gasteiger partial charge is 0.0492 e. The minimum atomic E-state index is 0.405. The van der Waals surface area contributed by atoms with Gasteiger partial charge in [0.15, 0.2) is 0 Å². The molecule has 3 heteroatoms. The summed E-state index contributed by atoms with van der Waals surface area (Å²) in [4.78, 5) is 2.61. The number of benzene rings is 1. The normalized spacial score (nSPS) is 12.6. The summed E-state index contributed by atoms with van der Waals surface area (Å²) < 4.78 is 0. The van der Waals surface area contributed by atoms with Gasteiger partial charge in [-0.1, -0.05) is 30.2 Å². The van der Waals surface area contributed by atoms with Gasteiger partial charge in [0, 0.05) is 26.4 Å². The molecular formula is C16H20ClNS. The zero-order valence-electron chi connectivity index (χ0n) is 11.7. The van der Waals surface area contributed by atoms with Crippen molar-refractivity contribution in [2.45, 2.75) is 33.2 Å². The summed E-state index contributed by atoms with van der Waals surface area (Å²) in [6.45, 7) is 7.55. The second kappa shape index (κ2) is 6.56. The van der Waals surface area contributed by atoms with E-state index < -0.39 is 0 Å². The first-order valence-corrected chi connectivity index (χ1v) is 7.91. The molecule has 0 spiro atoms. The standard InChI is InChI=1S/C16H20ClNS/c1-4-9-18-12(3)15-7-8-16(19-15)13-10-11(2)5-6-14(13)17/h5-8,10,12,18H,4,9H2,1-3H3. The maximum Gasteiger partial charge on any atom is 0.0492 e. The first kappa shape index (κ1) is 14.6. The van der Waals surface area contributed by atoms with Gasteiger partial charge in [0.25, 0.3) is 0 Å². The van der Waals surface area contributed by atoms with E-state index in [2.05, 4.69) is 44.3 Å². The van der Waals surface area contributed by atoms with E-state index in [-0.39, 0.29) is 0 Å². The van der Waals surface area contributed by atoms with Crippen LogP contribution >= 0.6 is 22.9 Å². The second-order valence-electron chi connectivity index (χ2n) is 4.86. The zero-order valence-corrected chi connectivity index (χ0v) is 13.2. The maximum atomic E-state index is 6.29. The average molecular weight is 294 g/mol. The molecule has 19 heavy (non-hydrogen) atoms. The molecule has 0 aliphatic carbocycles. The molecule has 0 bridgehead atoms. The second-order valence-corrected chi connectivity index (χ2v) is 6.38. The lowest BCUT2D eigenvalue weighted by molar-refractivity contribution is 0.578. The Labute approximate surface area is 124 Å². The van der Waals surface area contributed by atoms with E-state index in [4.69, 9.17) is 11.6 Å². The highest BCUT2D eigenvalue weighted by Gasteiger charge is 2.11. The lowest BCUT2D eigenvalue weighted by Gasteiger charge is -2.10. The molecule has 2 aromatic rings. The summed E-state index contributed by atoms with van der Waals surface area (Å²) in [6, 6.07) is 11.0. The Morgan fingerprint density at radius 1 is 1.26 bits per heavy atom. The summed E-state index contributed by atoms with van der Waals surface area (Å²) in [7, 11) is 0. The number of hydrogen-bond acceptors (Lipinski definition) is 2. The number of nitrogens with one attached hydrogen (secondary N) is 1. The van der Waals surface area contributed by atoms with Crippen LogP contribution in [-0.4, -0.2) is 6.54 Å². The first-order chi connectivity index (χ1) is 9.11. The van der Waals surface area contributed by atoms with Gasteiger partial charge in [-0.3, -0.25) is 0 Å². The van der Waals surface area contributed by atoms with Crippen LogP contribution in [0.3, 0.4) is 0 Å².